The van der Waals surface area contributed by atoms with Gasteiger partial charge in [0.1, 0.15) is 73.4 Å². The van der Waals surface area contributed by atoms with Crippen molar-refractivity contribution in [3.05, 3.63) is 365 Å². The third-order valence-electron chi connectivity index (χ3n) is 22.8. The van der Waals surface area contributed by atoms with Crippen LogP contribution in [0.3, 0.4) is 0 Å². The first-order chi connectivity index (χ1) is 66.8. The smallest absolute Gasteiger partial charge is 0.220 e. The van der Waals surface area contributed by atoms with E-state index in [0.717, 1.165) is 179 Å². The van der Waals surface area contributed by atoms with Crippen LogP contribution in [0.1, 0.15) is 167 Å². The van der Waals surface area contributed by atoms with Gasteiger partial charge in [-0.2, -0.15) is 4.39 Å². The minimum atomic E-state index is -0.503. The maximum atomic E-state index is 12.8. The number of aromatic nitrogens is 12. The van der Waals surface area contributed by atoms with Gasteiger partial charge >= 0.3 is 0 Å². The lowest BCUT2D eigenvalue weighted by atomic mass is 10.0. The molecule has 0 unspecified atom stereocenters. The Labute approximate surface area is 808 Å². The largest absolute Gasteiger partial charge is 0.505 e. The number of halogens is 1. The summed E-state index contributed by atoms with van der Waals surface area (Å²) in [5, 5.41) is 67.3. The number of nitrogens with two attached hydrogens (primary N) is 1. The van der Waals surface area contributed by atoms with Gasteiger partial charge in [0, 0.05) is 97.4 Å². The average molecular weight is 1850 g/mol. The van der Waals surface area contributed by atoms with E-state index >= 15 is 0 Å². The summed E-state index contributed by atoms with van der Waals surface area (Å²) >= 11 is 0. The molecule has 6 aromatic carbocycles. The predicted octanol–water partition coefficient (Wildman–Crippen LogP) is 26.4. The van der Waals surface area contributed by atoms with Crippen LogP contribution in [-0.2, 0) is 0 Å². The second-order valence-electron chi connectivity index (χ2n) is 34.0. The fraction of sp³-hybridized carbons (Fsp3) is 0.172. The maximum absolute atomic E-state index is 12.8. The van der Waals surface area contributed by atoms with E-state index in [9.17, 15) is 35.0 Å². The summed E-state index contributed by atoms with van der Waals surface area (Å²) in [5.74, 6) is 3.18. The van der Waals surface area contributed by atoms with Crippen molar-refractivity contribution in [1.29, 1.82) is 0 Å². The van der Waals surface area contributed by atoms with Gasteiger partial charge in [-0.25, -0.2) is 54.8 Å². The lowest BCUT2D eigenvalue weighted by molar-refractivity contribution is 0.232. The molecule has 0 saturated heterocycles. The number of phenolic OH excluding ortho intramolecular Hbond substituents is 6. The first kappa shape index (κ1) is 99.5. The van der Waals surface area contributed by atoms with Gasteiger partial charge in [0.15, 0.2) is 0 Å². The fourth-order valence-electron chi connectivity index (χ4n) is 15.4. The molecule has 0 aliphatic heterocycles. The number of phenols is 6. The molecule has 8 N–H and O–H groups in total. The van der Waals surface area contributed by atoms with Crippen LogP contribution < -0.4 is 19.9 Å². The zero-order chi connectivity index (χ0) is 99.3. The van der Waals surface area contributed by atoms with Crippen LogP contribution in [0, 0.1) is 96.0 Å². The standard InChI is InChI=1S/2C21H22N2O2.C19H18N2O2.C19H18N2O.C18H15FN2O.C18H17N3O/c1-13(2)25-21-16(6-5-11-22-21)7-8-17-9-10-18-14(3)12-15(4)20(24)19(18)23-17;1-4-12-25-21-16(6-5-11-22-21)7-8-17-9-10-18-14(2)13-15(3)20(24)19(18)23-17;1-12-11-13(2)18(22)17-16(12)9-8-15(21-17)7-6-14-5-4-10-20-19(14)23-3;1-12-10-13(2)19(22)18-17(12)9-8-16(21-18)7-6-15-5-4-14(3)20-11-15;1-11-9-12(2)18(22)17-15(11)7-6-14(21-17)5-3-13-4-8-16(19)20-10-13;1-11-10-12(2)17(22)16-15(11)8-7-14(21-16)6-5-13-4-3-9-20-18(13)19/h5-13,24H,1-4H3;5-11,13,24H,4,12H2,1-3H3;4-11,22H,1-3H3;4-11,22H,1-3H3;3-10,22H,1-2H3;3-10,22H,1-2H3,(H2,19,20)/b2*8-7+;2*7-6+;5-3+;6-5+. The Morgan fingerprint density at radius 1 is 0.309 bits per heavy atom. The second-order valence-corrected chi connectivity index (χ2v) is 34.0. The zero-order valence-corrected chi connectivity index (χ0v) is 80.9. The molecular formula is C116H112FN13O9. The van der Waals surface area contributed by atoms with Gasteiger partial charge in [0.25, 0.3) is 0 Å². The number of hydrogen-bond donors (Lipinski definition) is 7. The summed E-state index contributed by atoms with van der Waals surface area (Å²) in [6.45, 7) is 32.0. The molecule has 0 aliphatic rings. The minimum absolute atomic E-state index is 0.0590. The SMILES string of the molecule is CCCOc1ncccc1/C=C/c1ccc2c(C)cc(C)c(O)c2n1.COc1ncccc1/C=C/c1ccc2c(C)cc(C)c(O)c2n1.Cc1cc(C)c2ccc(/C=C/c3ccc(F)nc3)nc2c1O.Cc1cc(C)c2ccc(/C=C/c3cccnc3N)nc2c1O.Cc1cc(C)c2ccc(/C=C/c3cccnc3OC(C)C)nc2c1O.Cc1ccc(/C=C/c2ccc3c(C)cc(C)c(O)c3n2)cn1. The third-order valence-corrected chi connectivity index (χ3v) is 22.8. The van der Waals surface area contributed by atoms with E-state index in [1.165, 1.54) is 12.3 Å². The van der Waals surface area contributed by atoms with Crippen LogP contribution >= 0.6 is 0 Å². The van der Waals surface area contributed by atoms with Crippen molar-refractivity contribution in [1.82, 2.24) is 59.8 Å². The fourth-order valence-corrected chi connectivity index (χ4v) is 15.4. The number of benzene rings is 6. The molecule has 0 atom stereocenters. The highest BCUT2D eigenvalue weighted by Gasteiger charge is 2.17. The molecule has 0 bridgehead atoms. The maximum Gasteiger partial charge on any atom is 0.220 e. The number of nitrogen functional groups attached to an aromatic ring is 1. The van der Waals surface area contributed by atoms with Crippen LogP contribution in [0.2, 0.25) is 0 Å². The topological polar surface area (TPSA) is 330 Å². The molecule has 0 fully saturated rings. The lowest BCUT2D eigenvalue weighted by Crippen LogP contribution is -2.07. The van der Waals surface area contributed by atoms with Crippen LogP contribution in [0.4, 0.5) is 10.2 Å². The number of ether oxygens (including phenoxy) is 3. The van der Waals surface area contributed by atoms with Crippen molar-refractivity contribution in [2.75, 3.05) is 19.5 Å². The molecule has 0 saturated carbocycles. The Kier molecular flexibility index (Phi) is 32.8. The van der Waals surface area contributed by atoms with E-state index in [4.69, 9.17) is 19.9 Å². The van der Waals surface area contributed by atoms with Crippen molar-refractivity contribution in [3.63, 3.8) is 0 Å². The van der Waals surface area contributed by atoms with Gasteiger partial charge in [-0.05, 0) is 352 Å². The Hall–Kier alpha value is -17.0. The Morgan fingerprint density at radius 2 is 0.590 bits per heavy atom. The molecule has 0 amide bonds. The van der Waals surface area contributed by atoms with Gasteiger partial charge in [-0.1, -0.05) is 97.9 Å². The molecule has 0 spiro atoms. The summed E-state index contributed by atoms with van der Waals surface area (Å²) in [6, 6.07) is 57.4. The lowest BCUT2D eigenvalue weighted by Gasteiger charge is -2.10. The van der Waals surface area contributed by atoms with Crippen molar-refractivity contribution >= 4 is 144 Å². The number of pyridine rings is 12. The summed E-state index contributed by atoms with van der Waals surface area (Å²) < 4.78 is 29.4. The van der Waals surface area contributed by atoms with Gasteiger partial charge < -0.3 is 50.6 Å². The molecular weight excluding hydrogens is 1740 g/mol. The van der Waals surface area contributed by atoms with E-state index in [1.807, 2.05) is 347 Å². The molecule has 139 heavy (non-hydrogen) atoms. The normalized spacial score (nSPS) is 11.4. The summed E-state index contributed by atoms with van der Waals surface area (Å²) in [7, 11) is 1.59. The van der Waals surface area contributed by atoms with Gasteiger partial charge in [-0.15, -0.1) is 0 Å². The van der Waals surface area contributed by atoms with Crippen molar-refractivity contribution in [2.45, 2.75) is 123 Å². The van der Waals surface area contributed by atoms with Gasteiger partial charge in [0.2, 0.25) is 23.6 Å². The van der Waals surface area contributed by atoms with Crippen LogP contribution in [0.25, 0.3) is 138 Å². The molecule has 18 rings (SSSR count). The van der Waals surface area contributed by atoms with Gasteiger partial charge in [-0.3, -0.25) is 4.98 Å². The molecule has 0 aliphatic carbocycles. The van der Waals surface area contributed by atoms with Gasteiger partial charge in [0.05, 0.1) is 54.0 Å². The Balaban J connectivity index is 0.000000141. The number of rotatable bonds is 18. The molecule has 12 heterocycles. The highest BCUT2D eigenvalue weighted by Crippen LogP contribution is 2.38. The Bertz CT molecular complexity index is 7600. The summed E-state index contributed by atoms with van der Waals surface area (Å²) in [6.07, 6.45) is 33.8. The molecule has 23 heteroatoms. The highest BCUT2D eigenvalue weighted by molar-refractivity contribution is 5.95. The minimum Gasteiger partial charge on any atom is -0.505 e. The molecule has 702 valence electrons. The molecule has 0 radical (unpaired) electrons. The van der Waals surface area contributed by atoms with Crippen LogP contribution in [-0.4, -0.2) is 110 Å². The van der Waals surface area contributed by atoms with Crippen molar-refractivity contribution in [3.8, 4) is 52.1 Å². The van der Waals surface area contributed by atoms with Crippen molar-refractivity contribution < 1.29 is 49.2 Å². The quantitative estimate of drug-likeness (QED) is 0.0392. The summed E-state index contributed by atoms with van der Waals surface area (Å²) in [5.41, 5.74) is 32.1. The highest BCUT2D eigenvalue weighted by atomic mass is 19.1. The number of anilines is 1. The van der Waals surface area contributed by atoms with E-state index in [2.05, 4.69) is 66.7 Å². The molecule has 18 aromatic rings. The Morgan fingerprint density at radius 3 is 0.885 bits per heavy atom. The van der Waals surface area contributed by atoms with Crippen molar-refractivity contribution in [2.24, 2.45) is 0 Å². The number of fused-ring (bicyclic) bond motifs is 6. The number of aryl methyl sites for hydroxylation is 13. The van der Waals surface area contributed by atoms with E-state index in [0.29, 0.717) is 63.2 Å². The number of hydrogen-bond acceptors (Lipinski definition) is 22. The first-order valence-electron chi connectivity index (χ1n) is 45.4. The van der Waals surface area contributed by atoms with E-state index in [-0.39, 0.29) is 40.6 Å². The first-order valence-corrected chi connectivity index (χ1v) is 45.4. The van der Waals surface area contributed by atoms with E-state index < -0.39 is 5.95 Å². The van der Waals surface area contributed by atoms with E-state index in [1.54, 1.807) is 44.0 Å². The third kappa shape index (κ3) is 25.2. The van der Waals surface area contributed by atoms with Crippen LogP contribution in [0.15, 0.2) is 219 Å². The second kappa shape index (κ2) is 45.9. The predicted molar refractivity (Wildman–Crippen MR) is 563 cm³/mol. The number of nitrogens with zero attached hydrogens (tertiary/aromatic N) is 12. The summed E-state index contributed by atoms with van der Waals surface area (Å²) in [4.78, 5) is 52.0. The number of aromatic hydroxyl groups is 6. The average Bonchev–Trinajstić information content (AvgIpc) is 0.816. The van der Waals surface area contributed by atoms with Crippen LogP contribution in [0.5, 0.6) is 52.1 Å². The zero-order valence-electron chi connectivity index (χ0n) is 80.9. The molecule has 22 nitrogen and oxygen atoms in total. The molecule has 12 aromatic heterocycles. The number of methoxy groups -OCH3 is 1. The monoisotopic (exact) mass is 1850 g/mol.